The Labute approximate surface area is 456 Å². The van der Waals surface area contributed by atoms with Crippen LogP contribution in [0, 0.1) is 25.5 Å². The lowest BCUT2D eigenvalue weighted by Crippen LogP contribution is -2.42. The van der Waals surface area contributed by atoms with Crippen molar-refractivity contribution in [2.45, 2.75) is 95.2 Å². The summed E-state index contributed by atoms with van der Waals surface area (Å²) in [5, 5.41) is 19.8. The third kappa shape index (κ3) is 11.7. The zero-order valence-corrected chi connectivity index (χ0v) is 45.2. The second-order valence-electron chi connectivity index (χ2n) is 21.6. The molecule has 0 bridgehead atoms. The van der Waals surface area contributed by atoms with Crippen molar-refractivity contribution in [3.05, 3.63) is 196 Å². The van der Waals surface area contributed by atoms with Gasteiger partial charge in [0.05, 0.1) is 34.2 Å². The molecule has 3 heterocycles. The number of methoxy groups -OCH3 is 3. The van der Waals surface area contributed by atoms with Gasteiger partial charge in [-0.1, -0.05) is 78.9 Å². The number of nitrogens with zero attached hydrogens (tertiary/aromatic N) is 3. The molecular weight excluding hydrogens is 985 g/mol. The fraction of sp³-hybridized carbons (Fsp3) is 0.333. The van der Waals surface area contributed by atoms with Gasteiger partial charge in [0.2, 0.25) is 0 Å². The molecular formula is C66H69F2N3O7. The number of piperidine rings is 1. The van der Waals surface area contributed by atoms with Crippen molar-refractivity contribution in [2.24, 2.45) is 0 Å². The number of aryl methyl sites for hydroxylation is 2. The summed E-state index contributed by atoms with van der Waals surface area (Å²) in [6.45, 7) is 7.07. The van der Waals surface area contributed by atoms with Crippen LogP contribution in [0.2, 0.25) is 0 Å². The van der Waals surface area contributed by atoms with Crippen molar-refractivity contribution in [1.82, 2.24) is 4.90 Å². The summed E-state index contributed by atoms with van der Waals surface area (Å²) in [5.41, 5.74) is 13.0. The van der Waals surface area contributed by atoms with Crippen molar-refractivity contribution in [3.8, 4) is 39.5 Å². The van der Waals surface area contributed by atoms with Crippen LogP contribution in [0.4, 0.5) is 20.2 Å². The Morgan fingerprint density at radius 1 is 0.564 bits per heavy atom. The number of aliphatic carboxylic acids is 2. The minimum Gasteiger partial charge on any atom is -0.497 e. The summed E-state index contributed by atoms with van der Waals surface area (Å²) in [6, 6.07) is 45.3. The number of carbonyl (C=O) groups is 2. The average Bonchev–Trinajstić information content (AvgIpc) is 4.14. The fourth-order valence-electron chi connectivity index (χ4n) is 12.6. The number of ether oxygens (including phenoxy) is 3. The summed E-state index contributed by atoms with van der Waals surface area (Å²) < 4.78 is 48.5. The summed E-state index contributed by atoms with van der Waals surface area (Å²) in [6.07, 6.45) is 4.49. The van der Waals surface area contributed by atoms with E-state index in [0.717, 1.165) is 106 Å². The van der Waals surface area contributed by atoms with E-state index in [0.29, 0.717) is 54.1 Å². The minimum atomic E-state index is -0.819. The summed E-state index contributed by atoms with van der Waals surface area (Å²) >= 11 is 0. The van der Waals surface area contributed by atoms with Crippen LogP contribution in [0.25, 0.3) is 22.3 Å². The van der Waals surface area contributed by atoms with E-state index < -0.39 is 11.9 Å². The number of rotatable bonds is 18. The molecule has 2 N–H and O–H groups in total. The molecule has 12 heteroatoms. The molecule has 0 saturated carbocycles. The summed E-state index contributed by atoms with van der Waals surface area (Å²) in [7, 11) is 4.87. The highest BCUT2D eigenvalue weighted by Crippen LogP contribution is 2.42. The van der Waals surface area contributed by atoms with Crippen LogP contribution in [0.3, 0.4) is 0 Å². The maximum atomic E-state index is 17.0. The minimum absolute atomic E-state index is 0.00631. The molecule has 78 heavy (non-hydrogen) atoms. The van der Waals surface area contributed by atoms with Crippen LogP contribution in [-0.2, 0) is 22.4 Å². The van der Waals surface area contributed by atoms with Crippen molar-refractivity contribution in [3.63, 3.8) is 0 Å². The van der Waals surface area contributed by atoms with Gasteiger partial charge in [0.1, 0.15) is 28.9 Å². The Bertz CT molecular complexity index is 3280. The van der Waals surface area contributed by atoms with Crippen LogP contribution in [-0.4, -0.2) is 92.7 Å². The second kappa shape index (κ2) is 23.5. The van der Waals surface area contributed by atoms with Gasteiger partial charge in [-0.05, 0) is 188 Å². The van der Waals surface area contributed by atoms with E-state index in [1.807, 2.05) is 49.4 Å². The van der Waals surface area contributed by atoms with Crippen LogP contribution < -0.4 is 24.0 Å². The van der Waals surface area contributed by atoms with Gasteiger partial charge in [0, 0.05) is 59.6 Å². The maximum absolute atomic E-state index is 17.0. The van der Waals surface area contributed by atoms with Gasteiger partial charge in [-0.3, -0.25) is 14.5 Å². The first-order valence-corrected chi connectivity index (χ1v) is 27.2. The van der Waals surface area contributed by atoms with E-state index in [4.69, 9.17) is 14.2 Å². The normalized spacial score (nSPS) is 18.8. The number of halogens is 2. The van der Waals surface area contributed by atoms with E-state index in [1.165, 1.54) is 6.07 Å². The number of benzene rings is 7. The van der Waals surface area contributed by atoms with E-state index >= 15 is 4.39 Å². The highest BCUT2D eigenvalue weighted by molar-refractivity contribution is 5.71. The number of carboxylic acid groups (broad SMARTS) is 2. The molecule has 0 radical (unpaired) electrons. The molecule has 0 spiro atoms. The summed E-state index contributed by atoms with van der Waals surface area (Å²) in [5.74, 6) is 0.0347. The Kier molecular flexibility index (Phi) is 16.2. The van der Waals surface area contributed by atoms with Gasteiger partial charge >= 0.3 is 11.9 Å². The lowest BCUT2D eigenvalue weighted by Gasteiger charge is -2.36. The smallest absolute Gasteiger partial charge is 0.305 e. The van der Waals surface area contributed by atoms with Gasteiger partial charge < -0.3 is 34.2 Å². The molecule has 4 atom stereocenters. The standard InChI is InChI=1S/C66H69F2N3O7/c1-41-28-48(59-36-56(76-3)22-23-62(59)67)16-14-46(41)30-44-12-20-52(21-13-44)71-40-55(33-54(71)35-65(74)75)69-26-24-45(25-27-69)60-37-57(77-4)38-61(66(60)68)49-17-15-47(42(2)29-49)31-43-10-18-51(19-11-43)70-39-50(32-53(70)34-64(72)73)58-8-6-7-9-63(58)78-5/h6-23,28-29,36-38,45,50,53-55H,24-27,30-35,39-40H2,1-5H3,(H,72,73)(H,74,75). The second-order valence-corrected chi connectivity index (χ2v) is 21.6. The third-order valence-corrected chi connectivity index (χ3v) is 16.8. The maximum Gasteiger partial charge on any atom is 0.305 e. The molecule has 3 aliphatic rings. The van der Waals surface area contributed by atoms with Crippen LogP contribution in [0.15, 0.2) is 140 Å². The SMILES string of the molecule is COc1ccc(F)c(-c2ccc(Cc3ccc(N4CC(N5CCC(c6cc(OC)cc(-c7ccc(Cc8ccc(N9CC(c%10ccccc%10OC)CC9CC(=O)O)cc8)c(C)c7)c6F)CC5)CC4CC(=O)O)cc3)c(C)c2)c1. The Hall–Kier alpha value is -7.70. The number of hydrogen-bond donors (Lipinski definition) is 2. The zero-order valence-electron chi connectivity index (χ0n) is 45.2. The van der Waals surface area contributed by atoms with E-state index in [1.54, 1.807) is 39.5 Å². The van der Waals surface area contributed by atoms with Gasteiger partial charge in [-0.25, -0.2) is 8.78 Å². The van der Waals surface area contributed by atoms with Gasteiger partial charge in [0.25, 0.3) is 0 Å². The Balaban J connectivity index is 0.776. The third-order valence-electron chi connectivity index (χ3n) is 16.8. The molecule has 3 saturated heterocycles. The first kappa shape index (κ1) is 53.7. The van der Waals surface area contributed by atoms with E-state index in [2.05, 4.69) is 94.4 Å². The lowest BCUT2D eigenvalue weighted by molar-refractivity contribution is -0.138. The first-order valence-electron chi connectivity index (χ1n) is 27.2. The molecule has 10 nitrogen and oxygen atoms in total. The van der Waals surface area contributed by atoms with Crippen molar-refractivity contribution in [1.29, 1.82) is 0 Å². The molecule has 4 unspecified atom stereocenters. The number of hydrogen-bond acceptors (Lipinski definition) is 8. The van der Waals surface area contributed by atoms with Crippen LogP contribution in [0.5, 0.6) is 17.2 Å². The largest absolute Gasteiger partial charge is 0.497 e. The van der Waals surface area contributed by atoms with Gasteiger partial charge in [-0.2, -0.15) is 0 Å². The predicted molar refractivity (Wildman–Crippen MR) is 304 cm³/mol. The highest BCUT2D eigenvalue weighted by Gasteiger charge is 2.39. The summed E-state index contributed by atoms with van der Waals surface area (Å²) in [4.78, 5) is 31.1. The zero-order chi connectivity index (χ0) is 54.6. The van der Waals surface area contributed by atoms with Crippen molar-refractivity contribution >= 4 is 23.3 Å². The molecule has 7 aromatic carbocycles. The molecule has 10 rings (SSSR count). The highest BCUT2D eigenvalue weighted by atomic mass is 19.1. The van der Waals surface area contributed by atoms with Crippen LogP contribution >= 0.6 is 0 Å². The van der Waals surface area contributed by atoms with Crippen molar-refractivity contribution < 1.29 is 42.8 Å². The quantitative estimate of drug-likeness (QED) is 0.0862. The molecule has 3 fully saturated rings. The monoisotopic (exact) mass is 1050 g/mol. The molecule has 3 aliphatic heterocycles. The van der Waals surface area contributed by atoms with Gasteiger partial charge in [-0.15, -0.1) is 0 Å². The fourth-order valence-corrected chi connectivity index (χ4v) is 12.6. The Morgan fingerprint density at radius 3 is 1.68 bits per heavy atom. The molecule has 404 valence electrons. The van der Waals surface area contributed by atoms with Crippen LogP contribution in [0.1, 0.15) is 94.9 Å². The Morgan fingerprint density at radius 2 is 1.12 bits per heavy atom. The number of anilines is 2. The van der Waals surface area contributed by atoms with Crippen molar-refractivity contribution in [2.75, 3.05) is 57.3 Å². The lowest BCUT2D eigenvalue weighted by atomic mass is 9.86. The number of para-hydroxylation sites is 1. The van der Waals surface area contributed by atoms with E-state index in [-0.39, 0.29) is 54.4 Å². The first-order chi connectivity index (χ1) is 37.7. The molecule has 0 amide bonds. The van der Waals surface area contributed by atoms with E-state index in [9.17, 15) is 24.2 Å². The molecule has 0 aliphatic carbocycles. The predicted octanol–water partition coefficient (Wildman–Crippen LogP) is 13.3. The number of likely N-dealkylation sites (tertiary alicyclic amines) is 1. The topological polar surface area (TPSA) is 112 Å². The van der Waals surface area contributed by atoms with Gasteiger partial charge in [0.15, 0.2) is 0 Å². The number of carboxylic acids is 2. The molecule has 7 aromatic rings. The molecule has 0 aromatic heterocycles. The average molecular weight is 1050 g/mol.